The van der Waals surface area contributed by atoms with Gasteiger partial charge in [-0.3, -0.25) is 0 Å². The van der Waals surface area contributed by atoms with Crippen molar-refractivity contribution in [2.45, 2.75) is 57.6 Å². The van der Waals surface area contributed by atoms with Gasteiger partial charge < -0.3 is 27.9 Å². The first-order chi connectivity index (χ1) is 23.1. The Labute approximate surface area is 288 Å². The molecular formula is C39H42O8P2. The predicted molar refractivity (Wildman–Crippen MR) is 193 cm³/mol. The van der Waals surface area contributed by atoms with Gasteiger partial charge in [0.2, 0.25) is 5.34 Å². The van der Waals surface area contributed by atoms with Gasteiger partial charge in [-0.15, -0.1) is 0 Å². The quantitative estimate of drug-likeness (QED) is 0.114. The van der Waals surface area contributed by atoms with Crippen LogP contribution in [-0.2, 0) is 14.5 Å². The standard InChI is InChI=1S/C39H42O8P2/c1-37(2,31-24-28-36(29-25-31)45-48(41,38(3,4)40)44-33-16-10-7-11-17-33)30-22-26-32(27-23-30)43-39(5,6)49(42,46-34-18-12-8-13-19-34)47-35-20-14-9-15-21-35/h7-29,40H,1-6H3. The van der Waals surface area contributed by atoms with Gasteiger partial charge in [-0.2, -0.15) is 0 Å². The Kier molecular flexibility index (Phi) is 10.4. The second-order valence-electron chi connectivity index (χ2n) is 13.0. The first-order valence-electron chi connectivity index (χ1n) is 15.9. The second kappa shape index (κ2) is 14.2. The monoisotopic (exact) mass is 700 g/mol. The molecule has 0 bridgehead atoms. The van der Waals surface area contributed by atoms with Crippen molar-refractivity contribution in [2.75, 3.05) is 0 Å². The highest BCUT2D eigenvalue weighted by Crippen LogP contribution is 2.60. The zero-order valence-electron chi connectivity index (χ0n) is 28.5. The molecule has 0 saturated heterocycles. The van der Waals surface area contributed by atoms with E-state index in [9.17, 15) is 14.2 Å². The number of hydrogen-bond donors (Lipinski definition) is 1. The Hall–Kier alpha value is -4.48. The minimum Gasteiger partial charge on any atom is -0.473 e. The fourth-order valence-electron chi connectivity index (χ4n) is 4.86. The molecular weight excluding hydrogens is 658 g/mol. The third-order valence-electron chi connectivity index (χ3n) is 7.98. The maximum absolute atomic E-state index is 14.4. The second-order valence-corrected chi connectivity index (χ2v) is 17.9. The van der Waals surface area contributed by atoms with E-state index in [2.05, 4.69) is 13.8 Å². The van der Waals surface area contributed by atoms with Crippen molar-refractivity contribution in [1.82, 2.24) is 0 Å². The van der Waals surface area contributed by atoms with Gasteiger partial charge in [0.05, 0.1) is 0 Å². The smallest absolute Gasteiger partial charge is 0.473 e. The summed E-state index contributed by atoms with van der Waals surface area (Å²) in [5.41, 5.74) is 1.51. The summed E-state index contributed by atoms with van der Waals surface area (Å²) in [5.74, 6) is 1.92. The molecule has 0 amide bonds. The SMILES string of the molecule is CC(C)(c1ccc(OC(C)(C)P(=O)(Oc2ccccc2)Oc2ccccc2)cc1)c1ccc(OP(=O)(Oc2ccccc2)C(C)(C)O)cc1. The molecule has 8 nitrogen and oxygen atoms in total. The third-order valence-corrected chi connectivity index (χ3v) is 12.5. The average Bonchev–Trinajstić information content (AvgIpc) is 3.06. The summed E-state index contributed by atoms with van der Waals surface area (Å²) in [6.45, 7) is 10.3. The van der Waals surface area contributed by atoms with Crippen molar-refractivity contribution in [1.29, 1.82) is 0 Å². The molecule has 1 N–H and O–H groups in total. The molecule has 1 unspecified atom stereocenters. The molecule has 0 fully saturated rings. The summed E-state index contributed by atoms with van der Waals surface area (Å²) in [6, 6.07) is 41.1. The first kappa shape index (κ1) is 35.8. The lowest BCUT2D eigenvalue weighted by molar-refractivity contribution is 0.132. The normalized spacial score (nSPS) is 13.5. The van der Waals surface area contributed by atoms with Gasteiger partial charge >= 0.3 is 15.2 Å². The highest BCUT2D eigenvalue weighted by molar-refractivity contribution is 7.56. The maximum Gasteiger partial charge on any atom is 0.473 e. The molecule has 10 heteroatoms. The minimum absolute atomic E-state index is 0.298. The Bertz CT molecular complexity index is 1860. The van der Waals surface area contributed by atoms with Crippen LogP contribution in [0.25, 0.3) is 0 Å². The minimum atomic E-state index is -4.03. The summed E-state index contributed by atoms with van der Waals surface area (Å²) >= 11 is 0. The van der Waals surface area contributed by atoms with E-state index >= 15 is 0 Å². The molecule has 0 spiro atoms. The van der Waals surface area contributed by atoms with Crippen molar-refractivity contribution in [2.24, 2.45) is 0 Å². The Balaban J connectivity index is 1.33. The molecule has 0 heterocycles. The fraction of sp³-hybridized carbons (Fsp3) is 0.231. The van der Waals surface area contributed by atoms with Crippen LogP contribution in [0, 0.1) is 0 Å². The summed E-state index contributed by atoms with van der Waals surface area (Å²) in [7, 11) is -7.99. The van der Waals surface area contributed by atoms with Gasteiger partial charge in [-0.1, -0.05) is 92.7 Å². The van der Waals surface area contributed by atoms with Crippen LogP contribution in [0.2, 0.25) is 0 Å². The highest BCUT2D eigenvalue weighted by Gasteiger charge is 2.50. The van der Waals surface area contributed by atoms with Crippen LogP contribution in [0.4, 0.5) is 0 Å². The molecule has 256 valence electrons. The number of ether oxygens (including phenoxy) is 1. The topological polar surface area (TPSA) is 101 Å². The Morgan fingerprint density at radius 2 is 0.735 bits per heavy atom. The van der Waals surface area contributed by atoms with E-state index in [1.165, 1.54) is 13.8 Å². The van der Waals surface area contributed by atoms with E-state index < -0.39 is 31.3 Å². The van der Waals surface area contributed by atoms with E-state index in [0.29, 0.717) is 28.7 Å². The Morgan fingerprint density at radius 1 is 0.429 bits per heavy atom. The number of rotatable bonds is 14. The predicted octanol–water partition coefficient (Wildman–Crippen LogP) is 10.9. The number of hydrogen-bond acceptors (Lipinski definition) is 8. The van der Waals surface area contributed by atoms with Crippen molar-refractivity contribution >= 4 is 15.2 Å². The first-order valence-corrected chi connectivity index (χ1v) is 19.0. The molecule has 0 aromatic heterocycles. The van der Waals surface area contributed by atoms with E-state index in [4.69, 9.17) is 22.8 Å². The van der Waals surface area contributed by atoms with Crippen LogP contribution >= 0.6 is 15.2 Å². The van der Waals surface area contributed by atoms with Crippen LogP contribution in [0.1, 0.15) is 52.7 Å². The summed E-state index contributed by atoms with van der Waals surface area (Å²) in [5, 5.41) is 7.58. The highest BCUT2D eigenvalue weighted by atomic mass is 31.2. The van der Waals surface area contributed by atoms with E-state index in [0.717, 1.165) is 11.1 Å². The average molecular weight is 701 g/mol. The van der Waals surface area contributed by atoms with Gasteiger partial charge in [0.1, 0.15) is 28.7 Å². The maximum atomic E-state index is 14.4. The third kappa shape index (κ3) is 8.40. The molecule has 49 heavy (non-hydrogen) atoms. The molecule has 0 radical (unpaired) electrons. The van der Waals surface area contributed by atoms with E-state index in [1.54, 1.807) is 98.8 Å². The lowest BCUT2D eigenvalue weighted by atomic mass is 9.78. The van der Waals surface area contributed by atoms with E-state index in [1.807, 2.05) is 54.6 Å². The molecule has 0 saturated carbocycles. The van der Waals surface area contributed by atoms with E-state index in [-0.39, 0.29) is 0 Å². The van der Waals surface area contributed by atoms with Crippen molar-refractivity contribution < 1.29 is 37.1 Å². The van der Waals surface area contributed by atoms with Crippen LogP contribution < -0.4 is 22.8 Å². The summed E-state index contributed by atoms with van der Waals surface area (Å²) in [4.78, 5) is 0. The fourth-order valence-corrected chi connectivity index (χ4v) is 7.64. The molecule has 0 aliphatic heterocycles. The van der Waals surface area contributed by atoms with Crippen molar-refractivity contribution in [3.05, 3.63) is 151 Å². The van der Waals surface area contributed by atoms with Crippen molar-refractivity contribution in [3.63, 3.8) is 0 Å². The number of para-hydroxylation sites is 3. The molecule has 1 atom stereocenters. The van der Waals surface area contributed by atoms with Crippen LogP contribution in [0.3, 0.4) is 0 Å². The Morgan fingerprint density at radius 3 is 1.08 bits per heavy atom. The molecule has 5 aromatic carbocycles. The molecule has 0 aliphatic carbocycles. The van der Waals surface area contributed by atoms with Gasteiger partial charge in [-0.25, -0.2) is 9.13 Å². The summed E-state index contributed by atoms with van der Waals surface area (Å²) in [6.07, 6.45) is 0. The number of benzene rings is 5. The lowest BCUT2D eigenvalue weighted by Gasteiger charge is -2.33. The van der Waals surface area contributed by atoms with Crippen LogP contribution in [-0.4, -0.2) is 15.8 Å². The zero-order chi connectivity index (χ0) is 35.3. The molecule has 5 rings (SSSR count). The van der Waals surface area contributed by atoms with Gasteiger partial charge in [0, 0.05) is 5.41 Å². The van der Waals surface area contributed by atoms with Gasteiger partial charge in [0.25, 0.3) is 0 Å². The largest absolute Gasteiger partial charge is 0.473 e. The van der Waals surface area contributed by atoms with Crippen molar-refractivity contribution in [3.8, 4) is 28.7 Å². The van der Waals surface area contributed by atoms with Crippen LogP contribution in [0.5, 0.6) is 28.7 Å². The van der Waals surface area contributed by atoms with Gasteiger partial charge in [0.15, 0.2) is 5.34 Å². The van der Waals surface area contributed by atoms with Crippen LogP contribution in [0.15, 0.2) is 140 Å². The summed E-state index contributed by atoms with van der Waals surface area (Å²) < 4.78 is 58.1. The molecule has 5 aromatic rings. The lowest BCUT2D eigenvalue weighted by Crippen LogP contribution is -2.33. The van der Waals surface area contributed by atoms with Gasteiger partial charge in [-0.05, 0) is 99.5 Å². The molecule has 0 aliphatic rings. The number of aliphatic hydroxyl groups is 1. The zero-order valence-corrected chi connectivity index (χ0v) is 30.3.